The largest absolute Gasteiger partial charge is 0.388 e. The predicted octanol–water partition coefficient (Wildman–Crippen LogP) is 2.38. The summed E-state index contributed by atoms with van der Waals surface area (Å²) in [6.07, 6.45) is 1.52. The number of rotatable bonds is 5. The van der Waals surface area contributed by atoms with Gasteiger partial charge in [0.1, 0.15) is 11.4 Å². The number of nitro benzene ring substituents is 1. The van der Waals surface area contributed by atoms with E-state index in [0.29, 0.717) is 37.4 Å². The van der Waals surface area contributed by atoms with E-state index in [1.54, 1.807) is 19.1 Å². The quantitative estimate of drug-likeness (QED) is 0.639. The van der Waals surface area contributed by atoms with Crippen molar-refractivity contribution in [2.75, 3.05) is 29.9 Å². The first-order valence-electron chi connectivity index (χ1n) is 6.93. The third-order valence-corrected chi connectivity index (χ3v) is 3.56. The Hall–Kier alpha value is -1.82. The van der Waals surface area contributed by atoms with Gasteiger partial charge >= 0.3 is 5.69 Å². The van der Waals surface area contributed by atoms with Gasteiger partial charge in [0.25, 0.3) is 0 Å². The monoisotopic (exact) mass is 279 g/mol. The summed E-state index contributed by atoms with van der Waals surface area (Å²) in [4.78, 5) is 12.9. The van der Waals surface area contributed by atoms with Gasteiger partial charge in [0.15, 0.2) is 0 Å². The van der Waals surface area contributed by atoms with Crippen LogP contribution in [-0.4, -0.2) is 35.3 Å². The molecule has 0 amide bonds. The maximum absolute atomic E-state index is 11.4. The van der Waals surface area contributed by atoms with Gasteiger partial charge in [-0.2, -0.15) is 0 Å². The molecule has 1 aromatic rings. The lowest BCUT2D eigenvalue weighted by Crippen LogP contribution is -2.30. The first-order chi connectivity index (χ1) is 9.44. The third kappa shape index (κ3) is 3.01. The Labute approximate surface area is 118 Å². The Balaban J connectivity index is 2.35. The summed E-state index contributed by atoms with van der Waals surface area (Å²) in [6, 6.07) is 5.29. The van der Waals surface area contributed by atoms with Gasteiger partial charge in [0.2, 0.25) is 0 Å². The summed E-state index contributed by atoms with van der Waals surface area (Å²) in [5.41, 5.74) is 0.439. The van der Waals surface area contributed by atoms with Gasteiger partial charge in [0.05, 0.1) is 10.5 Å². The number of β-amino-alcohol motifs (C(OH)–C–C–N with tert-alkyl or cyclic N) is 1. The molecular weight excluding hydrogens is 258 g/mol. The minimum absolute atomic E-state index is 0.0960. The zero-order valence-electron chi connectivity index (χ0n) is 11.9. The smallest absolute Gasteiger partial charge is 0.315 e. The summed E-state index contributed by atoms with van der Waals surface area (Å²) in [5.74, 6) is 0. The lowest BCUT2D eigenvalue weighted by molar-refractivity contribution is -0.383. The van der Waals surface area contributed by atoms with Crippen LogP contribution in [0, 0.1) is 10.1 Å². The molecular formula is C14H21N3O3. The van der Waals surface area contributed by atoms with Crippen molar-refractivity contribution in [2.45, 2.75) is 32.3 Å². The second-order valence-electron chi connectivity index (χ2n) is 5.53. The van der Waals surface area contributed by atoms with Crippen LogP contribution in [0.2, 0.25) is 0 Å². The molecule has 0 spiro atoms. The number of anilines is 2. The fourth-order valence-electron chi connectivity index (χ4n) is 2.53. The maximum Gasteiger partial charge on any atom is 0.315 e. The van der Waals surface area contributed by atoms with Crippen molar-refractivity contribution in [2.24, 2.45) is 0 Å². The molecule has 2 N–H and O–H groups in total. The van der Waals surface area contributed by atoms with Crippen molar-refractivity contribution in [1.29, 1.82) is 0 Å². The molecule has 1 aliphatic rings. The van der Waals surface area contributed by atoms with Crippen molar-refractivity contribution in [3.8, 4) is 0 Å². The minimum Gasteiger partial charge on any atom is -0.388 e. The molecule has 1 atom stereocenters. The molecule has 0 aromatic heterocycles. The van der Waals surface area contributed by atoms with Crippen LogP contribution >= 0.6 is 0 Å². The summed E-state index contributed by atoms with van der Waals surface area (Å²) < 4.78 is 0. The van der Waals surface area contributed by atoms with Gasteiger partial charge in [-0.1, -0.05) is 13.0 Å². The van der Waals surface area contributed by atoms with E-state index in [-0.39, 0.29) is 10.6 Å². The number of benzene rings is 1. The summed E-state index contributed by atoms with van der Waals surface area (Å²) >= 11 is 0. The first-order valence-corrected chi connectivity index (χ1v) is 6.93. The van der Waals surface area contributed by atoms with E-state index in [1.165, 1.54) is 0 Å². The van der Waals surface area contributed by atoms with Gasteiger partial charge in [-0.15, -0.1) is 0 Å². The highest BCUT2D eigenvalue weighted by molar-refractivity contribution is 5.77. The standard InChI is InChI=1S/C14H21N3O3/c1-3-8-15-11-5-4-6-12(13(11)17(19)20)16-9-7-14(2,18)10-16/h4-6,15,18H,3,7-10H2,1-2H3. The van der Waals surface area contributed by atoms with Gasteiger partial charge in [0, 0.05) is 19.6 Å². The van der Waals surface area contributed by atoms with Crippen molar-refractivity contribution < 1.29 is 10.0 Å². The van der Waals surface area contributed by atoms with Gasteiger partial charge < -0.3 is 15.3 Å². The van der Waals surface area contributed by atoms with Crippen molar-refractivity contribution in [3.63, 3.8) is 0 Å². The lowest BCUT2D eigenvalue weighted by Gasteiger charge is -2.21. The molecule has 2 rings (SSSR count). The van der Waals surface area contributed by atoms with E-state index in [9.17, 15) is 15.2 Å². The van der Waals surface area contributed by atoms with Crippen LogP contribution in [0.5, 0.6) is 0 Å². The van der Waals surface area contributed by atoms with E-state index < -0.39 is 5.60 Å². The topological polar surface area (TPSA) is 78.6 Å². The maximum atomic E-state index is 11.4. The van der Waals surface area contributed by atoms with E-state index in [1.807, 2.05) is 17.9 Å². The molecule has 1 aliphatic heterocycles. The van der Waals surface area contributed by atoms with E-state index in [2.05, 4.69) is 5.32 Å². The van der Waals surface area contributed by atoms with E-state index >= 15 is 0 Å². The van der Waals surface area contributed by atoms with E-state index in [0.717, 1.165) is 6.42 Å². The molecule has 1 heterocycles. The van der Waals surface area contributed by atoms with Crippen LogP contribution in [0.25, 0.3) is 0 Å². The molecule has 110 valence electrons. The molecule has 6 heteroatoms. The minimum atomic E-state index is -0.777. The summed E-state index contributed by atoms with van der Waals surface area (Å²) in [7, 11) is 0. The number of nitrogens with one attached hydrogen (secondary N) is 1. The third-order valence-electron chi connectivity index (χ3n) is 3.56. The fraction of sp³-hybridized carbons (Fsp3) is 0.571. The number of nitro groups is 1. The van der Waals surface area contributed by atoms with Gasteiger partial charge in [-0.25, -0.2) is 0 Å². The van der Waals surface area contributed by atoms with Gasteiger partial charge in [-0.3, -0.25) is 10.1 Å². The molecule has 0 aliphatic carbocycles. The van der Waals surface area contributed by atoms with Crippen LogP contribution in [0.3, 0.4) is 0 Å². The van der Waals surface area contributed by atoms with Crippen LogP contribution < -0.4 is 10.2 Å². The Morgan fingerprint density at radius 1 is 1.55 bits per heavy atom. The SMILES string of the molecule is CCCNc1cccc(N2CCC(C)(O)C2)c1[N+](=O)[O-]. The summed E-state index contributed by atoms with van der Waals surface area (Å²) in [6.45, 7) is 5.52. The Bertz CT molecular complexity index is 502. The van der Waals surface area contributed by atoms with Gasteiger partial charge in [-0.05, 0) is 31.9 Å². The zero-order chi connectivity index (χ0) is 14.8. The second kappa shape index (κ2) is 5.66. The van der Waals surface area contributed by atoms with E-state index in [4.69, 9.17) is 0 Å². The zero-order valence-corrected chi connectivity index (χ0v) is 11.9. The van der Waals surface area contributed by atoms with Crippen LogP contribution in [0.15, 0.2) is 18.2 Å². The molecule has 20 heavy (non-hydrogen) atoms. The van der Waals surface area contributed by atoms with Crippen molar-refractivity contribution >= 4 is 17.1 Å². The molecule has 0 bridgehead atoms. The first kappa shape index (κ1) is 14.6. The second-order valence-corrected chi connectivity index (χ2v) is 5.53. The van der Waals surface area contributed by atoms with Crippen LogP contribution in [-0.2, 0) is 0 Å². The molecule has 1 fully saturated rings. The molecule has 1 aromatic carbocycles. The van der Waals surface area contributed by atoms with Crippen molar-refractivity contribution in [1.82, 2.24) is 0 Å². The molecule has 1 unspecified atom stereocenters. The predicted molar refractivity (Wildman–Crippen MR) is 79.3 cm³/mol. The summed E-state index contributed by atoms with van der Waals surface area (Å²) in [5, 5.41) is 24.5. The molecule has 0 radical (unpaired) electrons. The normalized spacial score (nSPS) is 22.1. The highest BCUT2D eigenvalue weighted by Gasteiger charge is 2.35. The highest BCUT2D eigenvalue weighted by atomic mass is 16.6. The average molecular weight is 279 g/mol. The number of para-hydroxylation sites is 1. The molecule has 0 saturated carbocycles. The average Bonchev–Trinajstić information content (AvgIpc) is 2.76. The lowest BCUT2D eigenvalue weighted by atomic mass is 10.1. The number of aliphatic hydroxyl groups is 1. The fourth-order valence-corrected chi connectivity index (χ4v) is 2.53. The van der Waals surface area contributed by atoms with Crippen LogP contribution in [0.4, 0.5) is 17.1 Å². The number of nitrogens with zero attached hydrogens (tertiary/aromatic N) is 2. The Morgan fingerprint density at radius 2 is 2.30 bits per heavy atom. The molecule has 1 saturated heterocycles. The van der Waals surface area contributed by atoms with Crippen LogP contribution in [0.1, 0.15) is 26.7 Å². The Kier molecular flexibility index (Phi) is 4.13. The molecule has 6 nitrogen and oxygen atoms in total. The van der Waals surface area contributed by atoms with Crippen molar-refractivity contribution in [3.05, 3.63) is 28.3 Å². The number of hydrogen-bond acceptors (Lipinski definition) is 5. The highest BCUT2D eigenvalue weighted by Crippen LogP contribution is 2.38. The number of hydrogen-bond donors (Lipinski definition) is 2. The Morgan fingerprint density at radius 3 is 2.85 bits per heavy atom.